The minimum absolute atomic E-state index is 0.0117. The molecule has 0 radical (unpaired) electrons. The van der Waals surface area contributed by atoms with E-state index in [1.165, 1.54) is 0 Å². The van der Waals surface area contributed by atoms with Gasteiger partial charge < -0.3 is 10.1 Å². The van der Waals surface area contributed by atoms with E-state index >= 15 is 0 Å². The predicted molar refractivity (Wildman–Crippen MR) is 50.0 cm³/mol. The number of nitriles is 1. The normalized spacial score (nSPS) is 33.2. The molecule has 0 aliphatic carbocycles. The highest BCUT2D eigenvalue weighted by Crippen LogP contribution is 2.23. The van der Waals surface area contributed by atoms with E-state index < -0.39 is 0 Å². The van der Waals surface area contributed by atoms with Crippen LogP contribution in [0.1, 0.15) is 26.7 Å². The van der Waals surface area contributed by atoms with Crippen molar-refractivity contribution in [2.75, 3.05) is 0 Å². The largest absolute Gasteiger partial charge is 0.304 e. The summed E-state index contributed by atoms with van der Waals surface area (Å²) in [7, 11) is 0. The standard InChI is InChI=1S/C10H16N2O/c1-7(2)3-10-8(5-11)4-9(6-13)12-10/h6-10,12H,3-4H2,1-2H3. The second-order valence-corrected chi connectivity index (χ2v) is 4.12. The van der Waals surface area contributed by atoms with Gasteiger partial charge in [-0.25, -0.2) is 0 Å². The molecule has 3 nitrogen and oxygen atoms in total. The van der Waals surface area contributed by atoms with Crippen LogP contribution in [0.25, 0.3) is 0 Å². The number of aldehydes is 1. The molecule has 0 bridgehead atoms. The van der Waals surface area contributed by atoms with Crippen LogP contribution in [0.4, 0.5) is 0 Å². The van der Waals surface area contributed by atoms with Gasteiger partial charge in [-0.2, -0.15) is 5.26 Å². The molecule has 1 heterocycles. The lowest BCUT2D eigenvalue weighted by atomic mass is 9.94. The number of carbonyl (C=O) groups excluding carboxylic acids is 1. The van der Waals surface area contributed by atoms with Gasteiger partial charge in [0.05, 0.1) is 18.0 Å². The summed E-state index contributed by atoms with van der Waals surface area (Å²) >= 11 is 0. The van der Waals surface area contributed by atoms with E-state index in [0.29, 0.717) is 12.3 Å². The third-order valence-electron chi connectivity index (χ3n) is 2.48. The number of hydrogen-bond acceptors (Lipinski definition) is 3. The molecule has 1 saturated heterocycles. The molecule has 0 amide bonds. The fourth-order valence-corrected chi connectivity index (χ4v) is 1.87. The third-order valence-corrected chi connectivity index (χ3v) is 2.48. The summed E-state index contributed by atoms with van der Waals surface area (Å²) < 4.78 is 0. The molecule has 0 spiro atoms. The number of hydrogen-bond donors (Lipinski definition) is 1. The smallest absolute Gasteiger partial charge is 0.136 e. The summed E-state index contributed by atoms with van der Waals surface area (Å²) in [6.07, 6.45) is 2.56. The van der Waals surface area contributed by atoms with E-state index in [9.17, 15) is 4.79 Å². The Morgan fingerprint density at radius 3 is 2.85 bits per heavy atom. The number of rotatable bonds is 3. The molecular formula is C10H16N2O. The molecule has 0 saturated carbocycles. The van der Waals surface area contributed by atoms with Gasteiger partial charge in [0.2, 0.25) is 0 Å². The van der Waals surface area contributed by atoms with E-state index in [0.717, 1.165) is 12.7 Å². The van der Waals surface area contributed by atoms with Crippen molar-refractivity contribution >= 4 is 6.29 Å². The maximum atomic E-state index is 10.5. The van der Waals surface area contributed by atoms with Gasteiger partial charge in [-0.15, -0.1) is 0 Å². The van der Waals surface area contributed by atoms with Gasteiger partial charge in [-0.05, 0) is 18.8 Å². The van der Waals surface area contributed by atoms with Crippen LogP contribution in [0.3, 0.4) is 0 Å². The lowest BCUT2D eigenvalue weighted by molar-refractivity contribution is -0.109. The summed E-state index contributed by atoms with van der Waals surface area (Å²) in [5.74, 6) is 0.580. The van der Waals surface area contributed by atoms with Crippen molar-refractivity contribution in [2.24, 2.45) is 11.8 Å². The molecule has 3 heteroatoms. The van der Waals surface area contributed by atoms with Gasteiger partial charge in [-0.1, -0.05) is 13.8 Å². The van der Waals surface area contributed by atoms with Crippen molar-refractivity contribution in [1.29, 1.82) is 5.26 Å². The molecule has 1 rings (SSSR count). The number of carbonyl (C=O) groups is 1. The van der Waals surface area contributed by atoms with Crippen LogP contribution in [-0.2, 0) is 4.79 Å². The molecule has 1 aliphatic rings. The first kappa shape index (κ1) is 10.2. The minimum atomic E-state index is -0.103. The van der Waals surface area contributed by atoms with Gasteiger partial charge in [0.1, 0.15) is 6.29 Å². The van der Waals surface area contributed by atoms with Gasteiger partial charge >= 0.3 is 0 Å². The van der Waals surface area contributed by atoms with E-state index in [2.05, 4.69) is 25.2 Å². The Morgan fingerprint density at radius 1 is 1.69 bits per heavy atom. The van der Waals surface area contributed by atoms with Crippen molar-refractivity contribution in [3.8, 4) is 6.07 Å². The topological polar surface area (TPSA) is 52.9 Å². The SMILES string of the molecule is CC(C)CC1NC(C=O)CC1C#N. The Hall–Kier alpha value is -0.880. The average Bonchev–Trinajstić information content (AvgIpc) is 2.46. The van der Waals surface area contributed by atoms with Crippen molar-refractivity contribution < 1.29 is 4.79 Å². The highest BCUT2D eigenvalue weighted by atomic mass is 16.1. The summed E-state index contributed by atoms with van der Waals surface area (Å²) in [6.45, 7) is 4.26. The summed E-state index contributed by atoms with van der Waals surface area (Å²) in [6, 6.07) is 2.37. The average molecular weight is 180 g/mol. The van der Waals surface area contributed by atoms with Crippen molar-refractivity contribution in [1.82, 2.24) is 5.32 Å². The molecule has 13 heavy (non-hydrogen) atoms. The molecule has 72 valence electrons. The molecule has 0 aromatic rings. The maximum absolute atomic E-state index is 10.5. The van der Waals surface area contributed by atoms with Crippen LogP contribution in [0.15, 0.2) is 0 Å². The number of nitrogens with zero attached hydrogens (tertiary/aromatic N) is 1. The summed E-state index contributed by atoms with van der Waals surface area (Å²) in [5, 5.41) is 12.0. The van der Waals surface area contributed by atoms with Crippen molar-refractivity contribution in [3.63, 3.8) is 0 Å². The molecule has 0 aromatic carbocycles. The fourth-order valence-electron chi connectivity index (χ4n) is 1.87. The molecule has 1 N–H and O–H groups in total. The van der Waals surface area contributed by atoms with E-state index in [-0.39, 0.29) is 18.0 Å². The summed E-state index contributed by atoms with van der Waals surface area (Å²) in [4.78, 5) is 10.5. The van der Waals surface area contributed by atoms with Crippen molar-refractivity contribution in [3.05, 3.63) is 0 Å². The first-order valence-corrected chi connectivity index (χ1v) is 4.78. The quantitative estimate of drug-likeness (QED) is 0.662. The van der Waals surface area contributed by atoms with Gasteiger partial charge in [-0.3, -0.25) is 0 Å². The second kappa shape index (κ2) is 4.38. The third kappa shape index (κ3) is 2.53. The lowest BCUT2D eigenvalue weighted by Crippen LogP contribution is -2.33. The van der Waals surface area contributed by atoms with E-state index in [1.807, 2.05) is 0 Å². The summed E-state index contributed by atoms with van der Waals surface area (Å²) in [5.41, 5.74) is 0. The van der Waals surface area contributed by atoms with Crippen LogP contribution in [0, 0.1) is 23.2 Å². The Bertz CT molecular complexity index is 219. The van der Waals surface area contributed by atoms with Crippen LogP contribution in [0.2, 0.25) is 0 Å². The van der Waals surface area contributed by atoms with Crippen LogP contribution in [-0.4, -0.2) is 18.4 Å². The monoisotopic (exact) mass is 180 g/mol. The van der Waals surface area contributed by atoms with Crippen LogP contribution < -0.4 is 5.32 Å². The van der Waals surface area contributed by atoms with Gasteiger partial charge in [0.15, 0.2) is 0 Å². The van der Waals surface area contributed by atoms with Gasteiger partial charge in [0, 0.05) is 6.04 Å². The Kier molecular flexibility index (Phi) is 3.44. The van der Waals surface area contributed by atoms with Crippen molar-refractivity contribution in [2.45, 2.75) is 38.8 Å². The Morgan fingerprint density at radius 2 is 2.38 bits per heavy atom. The second-order valence-electron chi connectivity index (χ2n) is 4.12. The zero-order valence-corrected chi connectivity index (χ0v) is 8.16. The molecule has 3 atom stereocenters. The molecule has 0 aromatic heterocycles. The predicted octanol–water partition coefficient (Wildman–Crippen LogP) is 1.10. The Labute approximate surface area is 79.1 Å². The zero-order valence-electron chi connectivity index (χ0n) is 8.16. The van der Waals surface area contributed by atoms with E-state index in [1.54, 1.807) is 0 Å². The maximum Gasteiger partial charge on any atom is 0.136 e. The molecule has 3 unspecified atom stereocenters. The Balaban J connectivity index is 2.53. The van der Waals surface area contributed by atoms with Gasteiger partial charge in [0.25, 0.3) is 0 Å². The number of nitrogens with one attached hydrogen (secondary N) is 1. The highest BCUT2D eigenvalue weighted by molar-refractivity contribution is 5.58. The fraction of sp³-hybridized carbons (Fsp3) is 0.800. The molecular weight excluding hydrogens is 164 g/mol. The van der Waals surface area contributed by atoms with E-state index in [4.69, 9.17) is 5.26 Å². The minimum Gasteiger partial charge on any atom is -0.304 e. The highest BCUT2D eigenvalue weighted by Gasteiger charge is 2.33. The first-order chi connectivity index (χ1) is 6.17. The van der Waals surface area contributed by atoms with Crippen LogP contribution in [0.5, 0.6) is 0 Å². The lowest BCUT2D eigenvalue weighted by Gasteiger charge is -2.15. The molecule has 1 fully saturated rings. The zero-order chi connectivity index (χ0) is 9.84. The first-order valence-electron chi connectivity index (χ1n) is 4.78. The van der Waals surface area contributed by atoms with Crippen LogP contribution >= 0.6 is 0 Å². The molecule has 1 aliphatic heterocycles.